The summed E-state index contributed by atoms with van der Waals surface area (Å²) in [5.41, 5.74) is 3.34. The van der Waals surface area contributed by atoms with E-state index in [-0.39, 0.29) is 5.91 Å². The molecule has 1 amide bonds. The smallest absolute Gasteiger partial charge is 0.230 e. The van der Waals surface area contributed by atoms with Gasteiger partial charge in [-0.2, -0.15) is 0 Å². The number of thiocarbonyl (C=S) groups is 1. The molecule has 0 heterocycles. The molecule has 0 aromatic heterocycles. The number of methoxy groups -OCH3 is 1. The van der Waals surface area contributed by atoms with Crippen LogP contribution in [0.5, 0.6) is 0 Å². The van der Waals surface area contributed by atoms with E-state index in [1.54, 1.807) is 7.11 Å². The second-order valence-corrected chi connectivity index (χ2v) is 6.24. The highest BCUT2D eigenvalue weighted by atomic mass is 32.1. The first-order chi connectivity index (χ1) is 12.1. The summed E-state index contributed by atoms with van der Waals surface area (Å²) in [5, 5.41) is 3.27. The Hall–Kier alpha value is -2.24. The molecule has 25 heavy (non-hydrogen) atoms. The maximum Gasteiger partial charge on any atom is 0.230 e. The zero-order chi connectivity index (χ0) is 18.1. The Morgan fingerprint density at radius 1 is 1.12 bits per heavy atom. The first-order valence-electron chi connectivity index (χ1n) is 8.26. The number of hydrogen-bond acceptors (Lipinski definition) is 3. The lowest BCUT2D eigenvalue weighted by molar-refractivity contribution is -0.119. The number of rotatable bonds is 7. The zero-order valence-corrected chi connectivity index (χ0v) is 15.5. The van der Waals surface area contributed by atoms with Crippen molar-refractivity contribution in [2.24, 2.45) is 0 Å². The monoisotopic (exact) mass is 356 g/mol. The summed E-state index contributed by atoms with van der Waals surface area (Å²) in [4.78, 5) is 14.2. The van der Waals surface area contributed by atoms with Crippen LogP contribution in [0.3, 0.4) is 0 Å². The van der Waals surface area contributed by atoms with Gasteiger partial charge in [-0.05, 0) is 35.8 Å². The van der Waals surface area contributed by atoms with Crippen molar-refractivity contribution < 1.29 is 9.53 Å². The average molecular weight is 356 g/mol. The van der Waals surface area contributed by atoms with Crippen LogP contribution in [0.1, 0.15) is 16.7 Å². The number of carbonyl (C=O) groups is 1. The molecule has 0 saturated heterocycles. The van der Waals surface area contributed by atoms with Crippen molar-refractivity contribution in [3.63, 3.8) is 0 Å². The van der Waals surface area contributed by atoms with Gasteiger partial charge in [-0.1, -0.05) is 54.6 Å². The number of amides is 1. The van der Waals surface area contributed by atoms with Gasteiger partial charge in [0.15, 0.2) is 5.11 Å². The number of nitrogens with zero attached hydrogens (tertiary/aromatic N) is 1. The van der Waals surface area contributed by atoms with Gasteiger partial charge in [0.25, 0.3) is 0 Å². The van der Waals surface area contributed by atoms with E-state index in [0.717, 1.165) is 5.56 Å². The van der Waals surface area contributed by atoms with E-state index < -0.39 is 0 Å². The molecule has 5 heteroatoms. The standard InChI is InChI=1S/C20H24N2O2S/c1-16-8-6-7-11-18(16)15-22(12-13-24-2)20(25)21-19(23)14-17-9-4-3-5-10-17/h3-11H,12-15H2,1-2H3,(H,21,23,25). The lowest BCUT2D eigenvalue weighted by Crippen LogP contribution is -2.44. The molecule has 0 saturated carbocycles. The molecule has 0 fully saturated rings. The highest BCUT2D eigenvalue weighted by Gasteiger charge is 2.14. The van der Waals surface area contributed by atoms with Crippen molar-refractivity contribution >= 4 is 23.2 Å². The fraction of sp³-hybridized carbons (Fsp3) is 0.300. The SMILES string of the molecule is COCCN(Cc1ccccc1C)C(=S)NC(=O)Cc1ccccc1. The summed E-state index contributed by atoms with van der Waals surface area (Å²) < 4.78 is 5.18. The summed E-state index contributed by atoms with van der Waals surface area (Å²) in [7, 11) is 1.66. The predicted molar refractivity (Wildman–Crippen MR) is 104 cm³/mol. The third-order valence-electron chi connectivity index (χ3n) is 3.93. The maximum absolute atomic E-state index is 12.3. The third-order valence-corrected chi connectivity index (χ3v) is 4.29. The normalized spacial score (nSPS) is 10.3. The minimum absolute atomic E-state index is 0.108. The number of ether oxygens (including phenoxy) is 1. The Kier molecular flexibility index (Phi) is 7.57. The topological polar surface area (TPSA) is 41.6 Å². The molecular weight excluding hydrogens is 332 g/mol. The summed E-state index contributed by atoms with van der Waals surface area (Å²) in [5.74, 6) is -0.108. The molecule has 2 aromatic rings. The first kappa shape index (κ1) is 19.1. The average Bonchev–Trinajstić information content (AvgIpc) is 2.60. The summed E-state index contributed by atoms with van der Waals surface area (Å²) in [6, 6.07) is 17.8. The van der Waals surface area contributed by atoms with Gasteiger partial charge in [-0.25, -0.2) is 0 Å². The second kappa shape index (κ2) is 9.91. The van der Waals surface area contributed by atoms with E-state index in [2.05, 4.69) is 24.4 Å². The third kappa shape index (κ3) is 6.29. The maximum atomic E-state index is 12.3. The molecule has 0 bridgehead atoms. The predicted octanol–water partition coefficient (Wildman–Crippen LogP) is 3.09. The first-order valence-corrected chi connectivity index (χ1v) is 8.67. The molecule has 4 nitrogen and oxygen atoms in total. The van der Waals surface area contributed by atoms with Crippen LogP contribution in [-0.4, -0.2) is 36.2 Å². The quantitative estimate of drug-likeness (QED) is 0.774. The van der Waals surface area contributed by atoms with Gasteiger partial charge in [0, 0.05) is 20.2 Å². The van der Waals surface area contributed by atoms with Gasteiger partial charge in [0.1, 0.15) is 0 Å². The molecule has 0 atom stereocenters. The van der Waals surface area contributed by atoms with Gasteiger partial charge < -0.3 is 15.0 Å². The van der Waals surface area contributed by atoms with Crippen molar-refractivity contribution in [3.8, 4) is 0 Å². The minimum Gasteiger partial charge on any atom is -0.383 e. The molecular formula is C20H24N2O2S. The van der Waals surface area contributed by atoms with Crippen LogP contribution in [0, 0.1) is 6.92 Å². The Morgan fingerprint density at radius 2 is 1.80 bits per heavy atom. The molecule has 132 valence electrons. The number of aryl methyl sites for hydroxylation is 1. The van der Waals surface area contributed by atoms with E-state index in [0.29, 0.717) is 31.2 Å². The van der Waals surface area contributed by atoms with E-state index in [9.17, 15) is 4.79 Å². The minimum atomic E-state index is -0.108. The van der Waals surface area contributed by atoms with E-state index in [4.69, 9.17) is 17.0 Å². The summed E-state index contributed by atoms with van der Waals surface area (Å²) in [6.07, 6.45) is 0.309. The van der Waals surface area contributed by atoms with Gasteiger partial charge >= 0.3 is 0 Å². The van der Waals surface area contributed by atoms with Crippen LogP contribution in [0.2, 0.25) is 0 Å². The van der Waals surface area contributed by atoms with E-state index in [1.165, 1.54) is 11.1 Å². The summed E-state index contributed by atoms with van der Waals surface area (Å²) in [6.45, 7) is 3.87. The lowest BCUT2D eigenvalue weighted by atomic mass is 10.1. The number of benzene rings is 2. The Labute approximate surface area is 154 Å². The van der Waals surface area contributed by atoms with Crippen LogP contribution in [0.15, 0.2) is 54.6 Å². The number of carbonyl (C=O) groups excluding carboxylic acids is 1. The van der Waals surface area contributed by atoms with E-state index in [1.807, 2.05) is 47.4 Å². The molecule has 0 aliphatic rings. The number of nitrogens with one attached hydrogen (secondary N) is 1. The van der Waals surface area contributed by atoms with Crippen molar-refractivity contribution in [1.82, 2.24) is 10.2 Å². The highest BCUT2D eigenvalue weighted by Crippen LogP contribution is 2.11. The Morgan fingerprint density at radius 3 is 2.48 bits per heavy atom. The zero-order valence-electron chi connectivity index (χ0n) is 14.7. The van der Waals surface area contributed by atoms with Crippen molar-refractivity contribution in [2.45, 2.75) is 19.9 Å². The summed E-state index contributed by atoms with van der Waals surface area (Å²) >= 11 is 5.46. The largest absolute Gasteiger partial charge is 0.383 e. The van der Waals surface area contributed by atoms with Crippen LogP contribution in [0.4, 0.5) is 0 Å². The lowest BCUT2D eigenvalue weighted by Gasteiger charge is -2.26. The van der Waals surface area contributed by atoms with E-state index >= 15 is 0 Å². The van der Waals surface area contributed by atoms with Crippen molar-refractivity contribution in [3.05, 3.63) is 71.3 Å². The van der Waals surface area contributed by atoms with Gasteiger partial charge in [-0.3, -0.25) is 4.79 Å². The molecule has 1 N–H and O–H groups in total. The Bertz CT molecular complexity index is 704. The van der Waals surface area contributed by atoms with Crippen LogP contribution in [0.25, 0.3) is 0 Å². The van der Waals surface area contributed by atoms with Crippen LogP contribution >= 0.6 is 12.2 Å². The van der Waals surface area contributed by atoms with Crippen molar-refractivity contribution in [2.75, 3.05) is 20.3 Å². The van der Waals surface area contributed by atoms with Crippen molar-refractivity contribution in [1.29, 1.82) is 0 Å². The molecule has 0 spiro atoms. The van der Waals surface area contributed by atoms with Gasteiger partial charge in [0.05, 0.1) is 13.0 Å². The van der Waals surface area contributed by atoms with Gasteiger partial charge in [-0.15, -0.1) is 0 Å². The fourth-order valence-electron chi connectivity index (χ4n) is 2.47. The number of hydrogen-bond donors (Lipinski definition) is 1. The molecule has 0 aliphatic heterocycles. The highest BCUT2D eigenvalue weighted by molar-refractivity contribution is 7.80. The molecule has 2 rings (SSSR count). The molecule has 0 aliphatic carbocycles. The molecule has 2 aromatic carbocycles. The fourth-order valence-corrected chi connectivity index (χ4v) is 2.74. The molecule has 0 radical (unpaired) electrons. The van der Waals surface area contributed by atoms with Crippen LogP contribution < -0.4 is 5.32 Å². The molecule has 0 unspecified atom stereocenters. The van der Waals surface area contributed by atoms with Gasteiger partial charge in [0.2, 0.25) is 5.91 Å². The van der Waals surface area contributed by atoms with Crippen LogP contribution in [-0.2, 0) is 22.5 Å². The second-order valence-electron chi connectivity index (χ2n) is 5.86. The Balaban J connectivity index is 1.99.